The first-order chi connectivity index (χ1) is 10.2. The molecule has 104 valence electrons. The normalized spacial score (nSPS) is 10.5. The highest BCUT2D eigenvalue weighted by molar-refractivity contribution is 6.12. The zero-order chi connectivity index (χ0) is 14.8. The molecular formula is C17H14N2O2. The van der Waals surface area contributed by atoms with Crippen molar-refractivity contribution in [1.82, 2.24) is 9.78 Å². The summed E-state index contributed by atoms with van der Waals surface area (Å²) in [6, 6.07) is 18.2. The molecular weight excluding hydrogens is 264 g/mol. The Morgan fingerprint density at radius 2 is 1.52 bits per heavy atom. The van der Waals surface area contributed by atoms with Gasteiger partial charge in [0.05, 0.1) is 5.69 Å². The smallest absolute Gasteiger partial charge is 0.278 e. The Hall–Kier alpha value is -2.88. The van der Waals surface area contributed by atoms with Crippen molar-refractivity contribution in [3.63, 3.8) is 0 Å². The Bertz CT molecular complexity index is 830. The van der Waals surface area contributed by atoms with Crippen LogP contribution in [0, 0.1) is 0 Å². The average molecular weight is 278 g/mol. The fourth-order valence-electron chi connectivity index (χ4n) is 2.31. The molecule has 0 fully saturated rings. The summed E-state index contributed by atoms with van der Waals surface area (Å²) < 4.78 is 1.33. The number of H-pyrrole nitrogens is 1. The Morgan fingerprint density at radius 1 is 0.952 bits per heavy atom. The molecule has 0 amide bonds. The van der Waals surface area contributed by atoms with Gasteiger partial charge in [-0.2, -0.15) is 0 Å². The highest BCUT2D eigenvalue weighted by atomic mass is 16.2. The molecule has 2 aromatic carbocycles. The molecule has 1 aromatic heterocycles. The van der Waals surface area contributed by atoms with E-state index in [4.69, 9.17) is 0 Å². The minimum absolute atomic E-state index is 0.176. The van der Waals surface area contributed by atoms with Crippen molar-refractivity contribution in [2.75, 3.05) is 0 Å². The van der Waals surface area contributed by atoms with Crippen molar-refractivity contribution in [3.8, 4) is 11.3 Å². The summed E-state index contributed by atoms with van der Waals surface area (Å²) in [5.41, 5.74) is 1.73. The van der Waals surface area contributed by atoms with Gasteiger partial charge in [0, 0.05) is 18.2 Å². The standard InChI is InChI=1S/C17H14N2O2/c1-19-17(21)14(16(20)13-10-6-3-7-11-13)15(18-19)12-8-4-2-5-9-12/h2-11,18H,1H3. The molecule has 0 atom stereocenters. The van der Waals surface area contributed by atoms with E-state index in [-0.39, 0.29) is 16.9 Å². The first kappa shape index (κ1) is 13.1. The van der Waals surface area contributed by atoms with Crippen LogP contribution in [0.4, 0.5) is 0 Å². The maximum Gasteiger partial charge on any atom is 0.278 e. The maximum atomic E-state index is 12.6. The van der Waals surface area contributed by atoms with Crippen LogP contribution in [0.5, 0.6) is 0 Å². The lowest BCUT2D eigenvalue weighted by Gasteiger charge is -2.02. The van der Waals surface area contributed by atoms with Crippen LogP contribution in [0.1, 0.15) is 15.9 Å². The van der Waals surface area contributed by atoms with Crippen LogP contribution in [0.25, 0.3) is 11.3 Å². The van der Waals surface area contributed by atoms with E-state index in [0.717, 1.165) is 5.56 Å². The van der Waals surface area contributed by atoms with Gasteiger partial charge in [0.2, 0.25) is 5.78 Å². The summed E-state index contributed by atoms with van der Waals surface area (Å²) in [6.07, 6.45) is 0. The SMILES string of the molecule is Cn1[nH]c(-c2ccccc2)c(C(=O)c2ccccc2)c1=O. The van der Waals surface area contributed by atoms with E-state index in [0.29, 0.717) is 11.3 Å². The van der Waals surface area contributed by atoms with Gasteiger partial charge < -0.3 is 0 Å². The van der Waals surface area contributed by atoms with Crippen LogP contribution < -0.4 is 5.56 Å². The number of benzene rings is 2. The molecule has 3 rings (SSSR count). The highest BCUT2D eigenvalue weighted by Gasteiger charge is 2.22. The van der Waals surface area contributed by atoms with E-state index in [1.807, 2.05) is 36.4 Å². The molecule has 0 radical (unpaired) electrons. The molecule has 0 saturated heterocycles. The van der Waals surface area contributed by atoms with Crippen LogP contribution in [-0.2, 0) is 7.05 Å². The molecule has 4 heteroatoms. The second-order valence-electron chi connectivity index (χ2n) is 4.79. The van der Waals surface area contributed by atoms with Crippen molar-refractivity contribution in [1.29, 1.82) is 0 Å². The van der Waals surface area contributed by atoms with E-state index >= 15 is 0 Å². The van der Waals surface area contributed by atoms with Gasteiger partial charge in [0.1, 0.15) is 5.56 Å². The van der Waals surface area contributed by atoms with Crippen molar-refractivity contribution >= 4 is 5.78 Å². The van der Waals surface area contributed by atoms with Gasteiger partial charge in [-0.3, -0.25) is 19.4 Å². The Morgan fingerprint density at radius 3 is 2.14 bits per heavy atom. The molecule has 21 heavy (non-hydrogen) atoms. The summed E-state index contributed by atoms with van der Waals surface area (Å²) in [6.45, 7) is 0. The molecule has 0 bridgehead atoms. The first-order valence-electron chi connectivity index (χ1n) is 6.62. The number of aromatic amines is 1. The fraction of sp³-hybridized carbons (Fsp3) is 0.0588. The topological polar surface area (TPSA) is 54.9 Å². The van der Waals surface area contributed by atoms with Gasteiger partial charge in [-0.1, -0.05) is 60.7 Å². The number of rotatable bonds is 3. The molecule has 0 saturated carbocycles. The van der Waals surface area contributed by atoms with E-state index < -0.39 is 0 Å². The minimum atomic E-state index is -0.317. The van der Waals surface area contributed by atoms with Crippen molar-refractivity contribution in [2.45, 2.75) is 0 Å². The number of aromatic nitrogens is 2. The zero-order valence-corrected chi connectivity index (χ0v) is 11.5. The lowest BCUT2D eigenvalue weighted by Crippen LogP contribution is -2.19. The number of nitrogens with zero attached hydrogens (tertiary/aromatic N) is 1. The van der Waals surface area contributed by atoms with Crippen LogP contribution in [0.15, 0.2) is 65.5 Å². The second kappa shape index (κ2) is 5.25. The van der Waals surface area contributed by atoms with Crippen molar-refractivity contribution < 1.29 is 4.79 Å². The van der Waals surface area contributed by atoms with Crippen molar-refractivity contribution in [2.24, 2.45) is 7.05 Å². The van der Waals surface area contributed by atoms with E-state index in [2.05, 4.69) is 5.10 Å². The van der Waals surface area contributed by atoms with Gasteiger partial charge in [0.15, 0.2) is 0 Å². The lowest BCUT2D eigenvalue weighted by atomic mass is 10.0. The predicted molar refractivity (Wildman–Crippen MR) is 81.3 cm³/mol. The van der Waals surface area contributed by atoms with E-state index in [1.165, 1.54) is 4.68 Å². The van der Waals surface area contributed by atoms with E-state index in [9.17, 15) is 9.59 Å². The molecule has 0 unspecified atom stereocenters. The van der Waals surface area contributed by atoms with Crippen LogP contribution in [0.2, 0.25) is 0 Å². The maximum absolute atomic E-state index is 12.6. The van der Waals surface area contributed by atoms with Crippen molar-refractivity contribution in [3.05, 3.63) is 82.1 Å². The largest absolute Gasteiger partial charge is 0.294 e. The van der Waals surface area contributed by atoms with E-state index in [1.54, 1.807) is 31.3 Å². The van der Waals surface area contributed by atoms with Crippen LogP contribution in [-0.4, -0.2) is 15.6 Å². The summed E-state index contributed by atoms with van der Waals surface area (Å²) in [5.74, 6) is -0.267. The lowest BCUT2D eigenvalue weighted by molar-refractivity contribution is 0.103. The van der Waals surface area contributed by atoms with Gasteiger partial charge >= 0.3 is 0 Å². The third-order valence-electron chi connectivity index (χ3n) is 3.37. The Labute approximate surface area is 121 Å². The molecule has 1 heterocycles. The number of carbonyl (C=O) groups is 1. The average Bonchev–Trinajstić information content (AvgIpc) is 2.84. The number of ketones is 1. The second-order valence-corrected chi connectivity index (χ2v) is 4.79. The minimum Gasteiger partial charge on any atom is -0.294 e. The monoisotopic (exact) mass is 278 g/mol. The molecule has 0 aliphatic heterocycles. The number of nitrogens with one attached hydrogen (secondary N) is 1. The quantitative estimate of drug-likeness (QED) is 0.749. The van der Waals surface area contributed by atoms with Crippen LogP contribution in [0.3, 0.4) is 0 Å². The number of hydrogen-bond acceptors (Lipinski definition) is 2. The van der Waals surface area contributed by atoms with Crippen LogP contribution >= 0.6 is 0 Å². The summed E-state index contributed by atoms with van der Waals surface area (Å²) in [5, 5.41) is 2.96. The summed E-state index contributed by atoms with van der Waals surface area (Å²) in [4.78, 5) is 24.9. The number of aryl methyl sites for hydroxylation is 1. The van der Waals surface area contributed by atoms with Gasteiger partial charge in [0.25, 0.3) is 5.56 Å². The number of hydrogen-bond donors (Lipinski definition) is 1. The Balaban J connectivity index is 2.19. The predicted octanol–water partition coefficient (Wildman–Crippen LogP) is 2.61. The zero-order valence-electron chi connectivity index (χ0n) is 11.5. The Kier molecular flexibility index (Phi) is 3.28. The van der Waals surface area contributed by atoms with Gasteiger partial charge in [-0.25, -0.2) is 0 Å². The summed E-state index contributed by atoms with van der Waals surface area (Å²) in [7, 11) is 1.61. The third-order valence-corrected chi connectivity index (χ3v) is 3.37. The first-order valence-corrected chi connectivity index (χ1v) is 6.62. The highest BCUT2D eigenvalue weighted by Crippen LogP contribution is 2.21. The van der Waals surface area contributed by atoms with Gasteiger partial charge in [-0.05, 0) is 0 Å². The molecule has 1 N–H and O–H groups in total. The molecule has 0 aliphatic carbocycles. The molecule has 4 nitrogen and oxygen atoms in total. The van der Waals surface area contributed by atoms with Gasteiger partial charge in [-0.15, -0.1) is 0 Å². The molecule has 0 spiro atoms. The molecule has 3 aromatic rings. The third kappa shape index (κ3) is 2.31. The summed E-state index contributed by atoms with van der Waals surface area (Å²) >= 11 is 0. The molecule has 0 aliphatic rings. The fourth-order valence-corrected chi connectivity index (χ4v) is 2.31. The number of carbonyl (C=O) groups excluding carboxylic acids is 1.